The molecule has 0 amide bonds. The predicted octanol–water partition coefficient (Wildman–Crippen LogP) is 2.66. The Labute approximate surface area is 152 Å². The van der Waals surface area contributed by atoms with E-state index >= 15 is 0 Å². The van der Waals surface area contributed by atoms with E-state index in [1.54, 1.807) is 6.92 Å². The minimum absolute atomic E-state index is 0.0198. The molecule has 0 aliphatic heterocycles. The first kappa shape index (κ1) is 17.6. The van der Waals surface area contributed by atoms with Gasteiger partial charge in [-0.05, 0) is 24.6 Å². The number of benzene rings is 1. The van der Waals surface area contributed by atoms with Crippen molar-refractivity contribution >= 4 is 22.4 Å². The summed E-state index contributed by atoms with van der Waals surface area (Å²) in [5, 5.41) is 14.3. The second kappa shape index (κ2) is 5.84. The molecule has 0 atom stereocenters. The summed E-state index contributed by atoms with van der Waals surface area (Å²) >= 11 is 0. The van der Waals surface area contributed by atoms with Crippen LogP contribution in [0.15, 0.2) is 41.5 Å². The summed E-state index contributed by atoms with van der Waals surface area (Å²) in [5.74, 6) is -1.65. The van der Waals surface area contributed by atoms with Crippen LogP contribution in [-0.4, -0.2) is 29.1 Å². The Morgan fingerprint density at radius 3 is 2.61 bits per heavy atom. The lowest BCUT2D eigenvalue weighted by atomic mass is 10.1. The van der Waals surface area contributed by atoms with Crippen molar-refractivity contribution in [1.82, 2.24) is 24.1 Å². The van der Waals surface area contributed by atoms with E-state index in [0.29, 0.717) is 11.3 Å². The van der Waals surface area contributed by atoms with Gasteiger partial charge in [0.05, 0.1) is 21.5 Å². The van der Waals surface area contributed by atoms with Crippen LogP contribution in [0, 0.1) is 17.0 Å². The maximum atomic E-state index is 12.9. The number of nitro benzene ring substituents is 1. The molecule has 0 N–H and O–H groups in total. The van der Waals surface area contributed by atoms with Crippen LogP contribution in [0.3, 0.4) is 0 Å². The molecule has 0 saturated heterocycles. The molecule has 0 radical (unpaired) electrons. The van der Waals surface area contributed by atoms with E-state index in [4.69, 9.17) is 0 Å². The Balaban J connectivity index is 1.94. The third-order valence-electron chi connectivity index (χ3n) is 4.14. The average molecular weight is 390 g/mol. The van der Waals surface area contributed by atoms with Crippen LogP contribution < -0.4 is 5.56 Å². The van der Waals surface area contributed by atoms with Crippen LogP contribution >= 0.6 is 0 Å². The van der Waals surface area contributed by atoms with Gasteiger partial charge in [-0.15, -0.1) is 5.10 Å². The fourth-order valence-corrected chi connectivity index (χ4v) is 2.85. The van der Waals surface area contributed by atoms with Crippen LogP contribution in [0.2, 0.25) is 0 Å². The Hall–Kier alpha value is -3.83. The van der Waals surface area contributed by atoms with Crippen molar-refractivity contribution in [2.75, 3.05) is 0 Å². The number of pyridine rings is 1. The molecule has 12 heteroatoms. The van der Waals surface area contributed by atoms with Gasteiger partial charge in [0.25, 0.3) is 22.8 Å². The molecule has 4 aromatic rings. The van der Waals surface area contributed by atoms with Crippen molar-refractivity contribution in [3.05, 3.63) is 68.5 Å². The summed E-state index contributed by atoms with van der Waals surface area (Å²) in [7, 11) is 0. The summed E-state index contributed by atoms with van der Waals surface area (Å²) in [4.78, 5) is 30.3. The summed E-state index contributed by atoms with van der Waals surface area (Å²) in [5.41, 5.74) is 0.291. The lowest BCUT2D eigenvalue weighted by Crippen LogP contribution is -2.19. The molecule has 0 unspecified atom stereocenters. The number of nitro groups is 1. The zero-order chi connectivity index (χ0) is 20.2. The molecule has 9 nitrogen and oxygen atoms in total. The summed E-state index contributed by atoms with van der Waals surface area (Å²) in [6, 6.07) is 5.40. The molecular formula is C16H9F3N6O3. The van der Waals surface area contributed by atoms with Crippen molar-refractivity contribution in [3.8, 4) is 5.69 Å². The van der Waals surface area contributed by atoms with Gasteiger partial charge in [0.2, 0.25) is 0 Å². The Morgan fingerprint density at radius 2 is 1.96 bits per heavy atom. The zero-order valence-corrected chi connectivity index (χ0v) is 14.0. The quantitative estimate of drug-likeness (QED) is 0.385. The zero-order valence-electron chi connectivity index (χ0n) is 14.0. The fourth-order valence-electron chi connectivity index (χ4n) is 2.85. The maximum Gasteiger partial charge on any atom is 0.453 e. The van der Waals surface area contributed by atoms with Crippen molar-refractivity contribution < 1.29 is 18.1 Å². The number of alkyl halides is 3. The highest BCUT2D eigenvalue weighted by Crippen LogP contribution is 2.27. The topological polar surface area (TPSA) is 108 Å². The molecule has 0 spiro atoms. The molecule has 28 heavy (non-hydrogen) atoms. The first-order valence-corrected chi connectivity index (χ1v) is 7.76. The molecule has 3 heterocycles. The molecule has 0 aliphatic carbocycles. The van der Waals surface area contributed by atoms with Crippen molar-refractivity contribution in [1.29, 1.82) is 0 Å². The normalized spacial score (nSPS) is 12.0. The number of fused-ring (bicyclic) bond motifs is 3. The van der Waals surface area contributed by atoms with Crippen LogP contribution in [0.5, 0.6) is 0 Å². The van der Waals surface area contributed by atoms with Crippen molar-refractivity contribution in [2.24, 2.45) is 0 Å². The first-order valence-electron chi connectivity index (χ1n) is 7.76. The second-order valence-corrected chi connectivity index (χ2v) is 5.92. The van der Waals surface area contributed by atoms with E-state index in [9.17, 15) is 28.1 Å². The predicted molar refractivity (Wildman–Crippen MR) is 90.3 cm³/mol. The maximum absolute atomic E-state index is 12.9. The highest BCUT2D eigenvalue weighted by Gasteiger charge is 2.36. The van der Waals surface area contributed by atoms with Crippen molar-refractivity contribution in [3.63, 3.8) is 0 Å². The van der Waals surface area contributed by atoms with Gasteiger partial charge in [-0.2, -0.15) is 22.7 Å². The molecule has 4 rings (SSSR count). The Bertz CT molecular complexity index is 1330. The third kappa shape index (κ3) is 2.66. The minimum atomic E-state index is -4.75. The van der Waals surface area contributed by atoms with E-state index in [1.165, 1.54) is 35.0 Å². The number of hydrogen-bond acceptors (Lipinski definition) is 6. The van der Waals surface area contributed by atoms with Gasteiger partial charge >= 0.3 is 6.18 Å². The lowest BCUT2D eigenvalue weighted by Gasteiger charge is -2.10. The fraction of sp³-hybridized carbons (Fsp3) is 0.125. The van der Waals surface area contributed by atoms with Gasteiger partial charge in [0.15, 0.2) is 0 Å². The largest absolute Gasteiger partial charge is 0.453 e. The van der Waals surface area contributed by atoms with E-state index in [0.717, 1.165) is 10.7 Å². The number of halogens is 3. The van der Waals surface area contributed by atoms with Gasteiger partial charge in [0.1, 0.15) is 0 Å². The molecule has 0 saturated carbocycles. The molecule has 1 aromatic carbocycles. The van der Waals surface area contributed by atoms with Gasteiger partial charge in [0, 0.05) is 24.5 Å². The highest BCUT2D eigenvalue weighted by atomic mass is 19.4. The molecule has 0 aliphatic rings. The third-order valence-corrected chi connectivity index (χ3v) is 4.14. The number of aryl methyl sites for hydroxylation is 1. The second-order valence-electron chi connectivity index (χ2n) is 5.92. The average Bonchev–Trinajstić information content (AvgIpc) is 3.07. The van der Waals surface area contributed by atoms with Crippen LogP contribution in [0.1, 0.15) is 11.4 Å². The lowest BCUT2D eigenvalue weighted by molar-refractivity contribution is -0.384. The summed E-state index contributed by atoms with van der Waals surface area (Å²) < 4.78 is 40.6. The van der Waals surface area contributed by atoms with E-state index < -0.39 is 22.5 Å². The van der Waals surface area contributed by atoms with Gasteiger partial charge in [-0.25, -0.2) is 4.98 Å². The molecule has 142 valence electrons. The standard InChI is InChI=1S/C16H9F3N6O3/c1-8-6-9(25(27)28)2-3-11(8)23-5-4-12-10(13(23)26)7-20-15-21-14(16(17,18)19)22-24(12)15/h2-7H,1H3. The summed E-state index contributed by atoms with van der Waals surface area (Å²) in [6.45, 7) is 1.60. The van der Waals surface area contributed by atoms with E-state index in [1.807, 2.05) is 0 Å². The minimum Gasteiger partial charge on any atom is -0.283 e. The monoisotopic (exact) mass is 390 g/mol. The number of nitrogens with zero attached hydrogens (tertiary/aromatic N) is 6. The molecular weight excluding hydrogens is 381 g/mol. The molecule has 0 fully saturated rings. The smallest absolute Gasteiger partial charge is 0.283 e. The van der Waals surface area contributed by atoms with Crippen molar-refractivity contribution in [2.45, 2.75) is 13.1 Å². The van der Waals surface area contributed by atoms with E-state index in [2.05, 4.69) is 15.1 Å². The SMILES string of the molecule is Cc1cc([N+](=O)[O-])ccc1-n1ccc2c(cnc3nc(C(F)(F)F)nn32)c1=O. The first-order chi connectivity index (χ1) is 13.2. The van der Waals surface area contributed by atoms with Crippen LogP contribution in [0.25, 0.3) is 22.4 Å². The molecule has 3 aromatic heterocycles. The number of rotatable bonds is 2. The van der Waals surface area contributed by atoms with Crippen LogP contribution in [-0.2, 0) is 6.18 Å². The summed E-state index contributed by atoms with van der Waals surface area (Å²) in [6.07, 6.45) is -2.27. The Morgan fingerprint density at radius 1 is 1.21 bits per heavy atom. The number of aromatic nitrogens is 5. The van der Waals surface area contributed by atoms with Gasteiger partial charge in [-0.3, -0.25) is 19.5 Å². The van der Waals surface area contributed by atoms with Gasteiger partial charge in [-0.1, -0.05) is 0 Å². The van der Waals surface area contributed by atoms with E-state index in [-0.39, 0.29) is 22.4 Å². The van der Waals surface area contributed by atoms with Crippen LogP contribution in [0.4, 0.5) is 18.9 Å². The molecule has 0 bridgehead atoms. The highest BCUT2D eigenvalue weighted by molar-refractivity contribution is 5.79. The Kier molecular flexibility index (Phi) is 3.66. The van der Waals surface area contributed by atoms with Gasteiger partial charge < -0.3 is 0 Å². The number of non-ortho nitro benzene ring substituents is 1. The number of hydrogen-bond donors (Lipinski definition) is 0.